The summed E-state index contributed by atoms with van der Waals surface area (Å²) in [6, 6.07) is 11.2. The fourth-order valence-corrected chi connectivity index (χ4v) is 5.14. The number of carbonyl (C=O) groups is 2. The monoisotopic (exact) mass is 504 g/mol. The maximum Gasteiger partial charge on any atom is 0.329 e. The molecular formula is C25H30Cl2N4O3. The van der Waals surface area contributed by atoms with Crippen molar-refractivity contribution in [3.05, 3.63) is 58.1 Å². The van der Waals surface area contributed by atoms with Gasteiger partial charge < -0.3 is 20.6 Å². The third-order valence-electron chi connectivity index (χ3n) is 6.72. The van der Waals surface area contributed by atoms with Gasteiger partial charge in [-0.05, 0) is 57.1 Å². The molecule has 182 valence electrons. The lowest BCUT2D eigenvalue weighted by molar-refractivity contribution is -0.140. The molecule has 0 radical (unpaired) electrons. The minimum absolute atomic E-state index is 0.208. The van der Waals surface area contributed by atoms with E-state index >= 15 is 0 Å². The van der Waals surface area contributed by atoms with Crippen LogP contribution in [0.3, 0.4) is 0 Å². The van der Waals surface area contributed by atoms with Crippen LogP contribution in [0.25, 0.3) is 0 Å². The molecule has 1 aliphatic heterocycles. The Morgan fingerprint density at radius 3 is 2.65 bits per heavy atom. The molecule has 3 N–H and O–H groups in total. The third kappa shape index (κ3) is 4.89. The summed E-state index contributed by atoms with van der Waals surface area (Å²) in [4.78, 5) is 29.9. The van der Waals surface area contributed by atoms with Crippen LogP contribution in [0.2, 0.25) is 10.0 Å². The summed E-state index contributed by atoms with van der Waals surface area (Å²) in [6.45, 7) is 1.22. The Morgan fingerprint density at radius 2 is 1.91 bits per heavy atom. The number of nitrogens with one attached hydrogen (secondary N) is 2. The second kappa shape index (κ2) is 10.5. The average molecular weight is 505 g/mol. The van der Waals surface area contributed by atoms with E-state index in [9.17, 15) is 14.7 Å². The van der Waals surface area contributed by atoms with E-state index in [2.05, 4.69) is 22.6 Å². The molecule has 0 saturated heterocycles. The van der Waals surface area contributed by atoms with Gasteiger partial charge in [0.2, 0.25) is 0 Å². The van der Waals surface area contributed by atoms with Gasteiger partial charge in [-0.3, -0.25) is 9.69 Å². The van der Waals surface area contributed by atoms with Crippen LogP contribution in [-0.4, -0.2) is 48.1 Å². The van der Waals surface area contributed by atoms with E-state index < -0.39 is 17.7 Å². The smallest absolute Gasteiger partial charge is 0.329 e. The van der Waals surface area contributed by atoms with Crippen molar-refractivity contribution in [1.82, 2.24) is 10.2 Å². The molecule has 3 amide bonds. The molecule has 2 aromatic rings. The molecular weight excluding hydrogens is 475 g/mol. The largest absolute Gasteiger partial charge is 0.359 e. The van der Waals surface area contributed by atoms with Gasteiger partial charge in [0, 0.05) is 18.2 Å². The molecule has 7 nitrogen and oxygen atoms in total. The molecule has 0 spiro atoms. The summed E-state index contributed by atoms with van der Waals surface area (Å²) < 4.78 is 0. The molecule has 2 aliphatic rings. The van der Waals surface area contributed by atoms with Crippen molar-refractivity contribution in [2.45, 2.75) is 50.3 Å². The molecule has 1 aliphatic carbocycles. The van der Waals surface area contributed by atoms with E-state index in [1.165, 1.54) is 44.2 Å². The van der Waals surface area contributed by atoms with Gasteiger partial charge in [-0.1, -0.05) is 60.7 Å². The minimum atomic E-state index is -2.26. The van der Waals surface area contributed by atoms with Gasteiger partial charge in [-0.15, -0.1) is 0 Å². The Labute approximate surface area is 210 Å². The summed E-state index contributed by atoms with van der Waals surface area (Å²) in [5.41, 5.74) is -1.36. The number of fused-ring (bicyclic) bond motifs is 1. The number of anilines is 2. The number of para-hydroxylation sites is 1. The number of amides is 3. The summed E-state index contributed by atoms with van der Waals surface area (Å²) in [5, 5.41) is 17.9. The molecule has 1 atom stereocenters. The fraction of sp³-hybridized carbons (Fsp3) is 0.440. The van der Waals surface area contributed by atoms with Crippen molar-refractivity contribution in [3.63, 3.8) is 0 Å². The maximum atomic E-state index is 13.5. The molecule has 34 heavy (non-hydrogen) atoms. The van der Waals surface area contributed by atoms with Gasteiger partial charge in [-0.2, -0.15) is 0 Å². The highest BCUT2D eigenvalue weighted by atomic mass is 35.5. The van der Waals surface area contributed by atoms with E-state index in [1.807, 2.05) is 0 Å². The lowest BCUT2D eigenvalue weighted by atomic mass is 9.94. The van der Waals surface area contributed by atoms with Crippen molar-refractivity contribution in [2.24, 2.45) is 0 Å². The Balaban J connectivity index is 1.53. The molecule has 1 fully saturated rings. The quantitative estimate of drug-likeness (QED) is 0.465. The summed E-state index contributed by atoms with van der Waals surface area (Å²) >= 11 is 12.2. The summed E-state index contributed by atoms with van der Waals surface area (Å²) in [6.07, 6.45) is 7.01. The zero-order valence-corrected chi connectivity index (χ0v) is 20.7. The maximum absolute atomic E-state index is 13.5. The van der Waals surface area contributed by atoms with E-state index in [4.69, 9.17) is 23.2 Å². The van der Waals surface area contributed by atoms with Crippen LogP contribution in [0, 0.1) is 0 Å². The number of rotatable bonds is 7. The number of hydrogen-bond acceptors (Lipinski definition) is 4. The minimum Gasteiger partial charge on any atom is -0.359 e. The number of nitrogens with zero attached hydrogens (tertiary/aromatic N) is 2. The van der Waals surface area contributed by atoms with Crippen molar-refractivity contribution < 1.29 is 14.7 Å². The van der Waals surface area contributed by atoms with Gasteiger partial charge in [0.05, 0.1) is 21.4 Å². The summed E-state index contributed by atoms with van der Waals surface area (Å²) in [5.74, 6) is -0.679. The number of carbonyl (C=O) groups excluding carboxylic acids is 2. The first-order chi connectivity index (χ1) is 16.3. The molecule has 4 rings (SSSR count). The topological polar surface area (TPSA) is 84.9 Å². The second-order valence-electron chi connectivity index (χ2n) is 8.96. The third-order valence-corrected chi connectivity index (χ3v) is 7.46. The molecule has 9 heteroatoms. The first-order valence-electron chi connectivity index (χ1n) is 11.7. The molecule has 0 aromatic heterocycles. The Morgan fingerprint density at radius 1 is 1.18 bits per heavy atom. The first-order valence-corrected chi connectivity index (χ1v) is 12.4. The van der Waals surface area contributed by atoms with E-state index in [1.54, 1.807) is 30.3 Å². The van der Waals surface area contributed by atoms with Gasteiger partial charge in [0.1, 0.15) is 0 Å². The van der Waals surface area contributed by atoms with Gasteiger partial charge in [0.25, 0.3) is 11.6 Å². The van der Waals surface area contributed by atoms with E-state index in [0.717, 1.165) is 17.9 Å². The number of benzene rings is 2. The van der Waals surface area contributed by atoms with Crippen molar-refractivity contribution in [2.75, 3.05) is 30.4 Å². The lowest BCUT2D eigenvalue weighted by Gasteiger charge is -2.42. The standard InChI is InChI=1S/C25H30Cl2N4O3/c1-30(17-8-3-2-4-9-17)15-7-14-28-23(32)25(34)19-10-5-6-11-22(19)29-24(33)31(25)18-12-13-20(26)21(27)16-18/h5-6,10-13,16-17,34H,2-4,7-9,14-15H2,1H3,(H,28,32)(H,29,33)/t25-/m1/s1. The molecule has 0 unspecified atom stereocenters. The zero-order valence-electron chi connectivity index (χ0n) is 19.2. The predicted octanol–water partition coefficient (Wildman–Crippen LogP) is 4.96. The number of halogens is 2. The molecule has 2 aromatic carbocycles. The molecule has 1 heterocycles. The number of urea groups is 1. The van der Waals surface area contributed by atoms with Crippen LogP contribution in [0.15, 0.2) is 42.5 Å². The van der Waals surface area contributed by atoms with Crippen LogP contribution in [0.1, 0.15) is 44.1 Å². The lowest BCUT2D eigenvalue weighted by Crippen LogP contribution is -2.62. The predicted molar refractivity (Wildman–Crippen MR) is 135 cm³/mol. The van der Waals surface area contributed by atoms with Crippen LogP contribution in [-0.2, 0) is 10.5 Å². The first kappa shape index (κ1) is 24.8. The average Bonchev–Trinajstić information content (AvgIpc) is 2.84. The van der Waals surface area contributed by atoms with Crippen molar-refractivity contribution in [1.29, 1.82) is 0 Å². The van der Waals surface area contributed by atoms with Crippen molar-refractivity contribution in [3.8, 4) is 0 Å². The number of aliphatic hydroxyl groups is 1. The van der Waals surface area contributed by atoms with Crippen LogP contribution in [0.5, 0.6) is 0 Å². The van der Waals surface area contributed by atoms with Gasteiger partial charge in [0.15, 0.2) is 0 Å². The Kier molecular flexibility index (Phi) is 7.67. The second-order valence-corrected chi connectivity index (χ2v) is 9.78. The highest BCUT2D eigenvalue weighted by Gasteiger charge is 2.51. The van der Waals surface area contributed by atoms with Crippen molar-refractivity contribution >= 4 is 46.5 Å². The highest BCUT2D eigenvalue weighted by Crippen LogP contribution is 2.41. The zero-order chi connectivity index (χ0) is 24.3. The van der Waals surface area contributed by atoms with Crippen LogP contribution < -0.4 is 15.5 Å². The van der Waals surface area contributed by atoms with E-state index in [0.29, 0.717) is 23.3 Å². The van der Waals surface area contributed by atoms with Gasteiger partial charge >= 0.3 is 6.03 Å². The molecule has 0 bridgehead atoms. The number of hydrogen-bond donors (Lipinski definition) is 3. The fourth-order valence-electron chi connectivity index (χ4n) is 4.84. The highest BCUT2D eigenvalue weighted by molar-refractivity contribution is 6.42. The normalized spacial score (nSPS) is 20.7. The Hall–Kier alpha value is -2.32. The van der Waals surface area contributed by atoms with Gasteiger partial charge in [-0.25, -0.2) is 4.79 Å². The summed E-state index contributed by atoms with van der Waals surface area (Å²) in [7, 11) is 2.12. The SMILES string of the molecule is CN(CCCNC(=O)[C@]1(O)c2ccccc2NC(=O)N1c1ccc(Cl)c(Cl)c1)C1CCCCC1. The Bertz CT molecular complexity index is 1060. The van der Waals surface area contributed by atoms with E-state index in [-0.39, 0.29) is 16.3 Å². The van der Waals surface area contributed by atoms with Crippen LogP contribution in [0.4, 0.5) is 16.2 Å². The van der Waals surface area contributed by atoms with Crippen LogP contribution >= 0.6 is 23.2 Å². The molecule has 1 saturated carbocycles.